The van der Waals surface area contributed by atoms with Gasteiger partial charge in [-0.05, 0) is 19.3 Å². The van der Waals surface area contributed by atoms with Gasteiger partial charge >= 0.3 is 0 Å². The van der Waals surface area contributed by atoms with Crippen LogP contribution in [-0.2, 0) is 4.79 Å². The normalized spacial score (nSPS) is 27.6. The average Bonchev–Trinajstić information content (AvgIpc) is 2.11. The molecule has 0 heterocycles. The topological polar surface area (TPSA) is 37.3 Å². The van der Waals surface area contributed by atoms with E-state index in [9.17, 15) is 9.90 Å². The maximum atomic E-state index is 11.3. The molecule has 0 bridgehead atoms. The second kappa shape index (κ2) is 4.25. The van der Waals surface area contributed by atoms with Crippen LogP contribution in [0.2, 0.25) is 0 Å². The van der Waals surface area contributed by atoms with E-state index in [0.717, 1.165) is 12.8 Å². The van der Waals surface area contributed by atoms with Gasteiger partial charge in [-0.1, -0.05) is 17.9 Å². The van der Waals surface area contributed by atoms with Gasteiger partial charge in [0.25, 0.3) is 0 Å². The van der Waals surface area contributed by atoms with E-state index in [2.05, 4.69) is 18.4 Å². The fourth-order valence-corrected chi connectivity index (χ4v) is 1.41. The minimum Gasteiger partial charge on any atom is -0.371 e. The predicted octanol–water partition coefficient (Wildman–Crippen LogP) is 1.44. The lowest BCUT2D eigenvalue weighted by Gasteiger charge is -2.24. The van der Waals surface area contributed by atoms with Crippen molar-refractivity contribution >= 4 is 5.78 Å². The van der Waals surface area contributed by atoms with Crippen molar-refractivity contribution in [2.75, 3.05) is 0 Å². The van der Waals surface area contributed by atoms with Crippen LogP contribution in [0.25, 0.3) is 0 Å². The molecule has 2 nitrogen and oxygen atoms in total. The van der Waals surface area contributed by atoms with Gasteiger partial charge in [-0.2, -0.15) is 0 Å². The SMILES string of the molecule is C=CCC#CC1(O)CCCCC1=O. The lowest BCUT2D eigenvalue weighted by molar-refractivity contribution is -0.134. The molecule has 0 amide bonds. The smallest absolute Gasteiger partial charge is 0.184 e. The molecule has 2 heteroatoms. The summed E-state index contributed by atoms with van der Waals surface area (Å²) in [7, 11) is 0. The fraction of sp³-hybridized carbons (Fsp3) is 0.545. The van der Waals surface area contributed by atoms with Crippen molar-refractivity contribution in [3.05, 3.63) is 12.7 Å². The van der Waals surface area contributed by atoms with E-state index >= 15 is 0 Å². The Balaban J connectivity index is 2.68. The molecule has 1 rings (SSSR count). The molecule has 0 aromatic rings. The Morgan fingerprint density at radius 3 is 3.00 bits per heavy atom. The Kier molecular flexibility index (Phi) is 3.27. The highest BCUT2D eigenvalue weighted by Gasteiger charge is 2.35. The second-order valence-corrected chi connectivity index (χ2v) is 3.29. The van der Waals surface area contributed by atoms with E-state index in [0.29, 0.717) is 19.3 Å². The molecule has 1 atom stereocenters. The minimum atomic E-state index is -1.36. The second-order valence-electron chi connectivity index (χ2n) is 3.29. The molecule has 1 fully saturated rings. The molecule has 0 spiro atoms. The maximum absolute atomic E-state index is 11.3. The fourth-order valence-electron chi connectivity index (χ4n) is 1.41. The van der Waals surface area contributed by atoms with Crippen molar-refractivity contribution in [3.63, 3.8) is 0 Å². The summed E-state index contributed by atoms with van der Waals surface area (Å²) in [6.07, 6.45) is 4.88. The number of Topliss-reactive ketones (excluding diaryl/α,β-unsaturated/α-hetero) is 1. The highest BCUT2D eigenvalue weighted by atomic mass is 16.3. The molecule has 1 N–H and O–H groups in total. The van der Waals surface area contributed by atoms with Gasteiger partial charge in [-0.25, -0.2) is 0 Å². The lowest BCUT2D eigenvalue weighted by Crippen LogP contribution is -2.39. The molecule has 0 aliphatic heterocycles. The molecular formula is C11H14O2. The van der Waals surface area contributed by atoms with Crippen molar-refractivity contribution < 1.29 is 9.90 Å². The zero-order valence-corrected chi connectivity index (χ0v) is 7.68. The van der Waals surface area contributed by atoms with E-state index in [4.69, 9.17) is 0 Å². The van der Waals surface area contributed by atoms with Crippen LogP contribution in [0.15, 0.2) is 12.7 Å². The molecule has 0 saturated heterocycles. The van der Waals surface area contributed by atoms with Crippen molar-refractivity contribution in [1.29, 1.82) is 0 Å². The Bertz CT molecular complexity index is 270. The van der Waals surface area contributed by atoms with Crippen molar-refractivity contribution in [2.24, 2.45) is 0 Å². The maximum Gasteiger partial charge on any atom is 0.184 e. The number of hydrogen-bond donors (Lipinski definition) is 1. The van der Waals surface area contributed by atoms with Gasteiger partial charge in [0, 0.05) is 12.8 Å². The Labute approximate surface area is 78.6 Å². The van der Waals surface area contributed by atoms with E-state index in [1.54, 1.807) is 6.08 Å². The number of carbonyl (C=O) groups excluding carboxylic acids is 1. The van der Waals surface area contributed by atoms with Gasteiger partial charge in [-0.3, -0.25) is 4.79 Å². The number of allylic oxidation sites excluding steroid dienone is 1. The first kappa shape index (κ1) is 10.0. The Morgan fingerprint density at radius 1 is 1.62 bits per heavy atom. The molecular weight excluding hydrogens is 164 g/mol. The first-order valence-electron chi connectivity index (χ1n) is 4.55. The van der Waals surface area contributed by atoms with Gasteiger partial charge in [0.1, 0.15) is 0 Å². The highest BCUT2D eigenvalue weighted by molar-refractivity contribution is 5.91. The molecule has 1 saturated carbocycles. The van der Waals surface area contributed by atoms with Gasteiger partial charge in [-0.15, -0.1) is 6.58 Å². The summed E-state index contributed by atoms with van der Waals surface area (Å²) in [5.41, 5.74) is -1.36. The van der Waals surface area contributed by atoms with Crippen LogP contribution in [0.4, 0.5) is 0 Å². The van der Waals surface area contributed by atoms with Crippen LogP contribution < -0.4 is 0 Å². The summed E-state index contributed by atoms with van der Waals surface area (Å²) in [6, 6.07) is 0. The van der Waals surface area contributed by atoms with E-state index < -0.39 is 5.60 Å². The molecule has 1 aliphatic rings. The van der Waals surface area contributed by atoms with Gasteiger partial charge < -0.3 is 5.11 Å². The first-order valence-corrected chi connectivity index (χ1v) is 4.55. The summed E-state index contributed by atoms with van der Waals surface area (Å²) < 4.78 is 0. The summed E-state index contributed by atoms with van der Waals surface area (Å²) in [6.45, 7) is 3.52. The van der Waals surface area contributed by atoms with Crippen LogP contribution in [0.1, 0.15) is 32.1 Å². The summed E-state index contributed by atoms with van der Waals surface area (Å²) >= 11 is 0. The highest BCUT2D eigenvalue weighted by Crippen LogP contribution is 2.24. The van der Waals surface area contributed by atoms with E-state index in [1.165, 1.54) is 0 Å². The van der Waals surface area contributed by atoms with Crippen molar-refractivity contribution in [3.8, 4) is 11.8 Å². The number of aliphatic hydroxyl groups is 1. The molecule has 1 aliphatic carbocycles. The zero-order chi connectivity index (χ0) is 9.73. The summed E-state index contributed by atoms with van der Waals surface area (Å²) in [5.74, 6) is 5.24. The molecule has 0 radical (unpaired) electrons. The third-order valence-corrected chi connectivity index (χ3v) is 2.20. The third kappa shape index (κ3) is 2.43. The number of ketones is 1. The van der Waals surface area contributed by atoms with Crippen LogP contribution in [0.3, 0.4) is 0 Å². The summed E-state index contributed by atoms with van der Waals surface area (Å²) in [5, 5.41) is 9.81. The van der Waals surface area contributed by atoms with E-state index in [1.807, 2.05) is 0 Å². The molecule has 0 aromatic heterocycles. The Hall–Kier alpha value is -1.07. The minimum absolute atomic E-state index is 0.129. The lowest BCUT2D eigenvalue weighted by atomic mass is 9.84. The van der Waals surface area contributed by atoms with Crippen LogP contribution in [0, 0.1) is 11.8 Å². The van der Waals surface area contributed by atoms with Crippen LogP contribution in [-0.4, -0.2) is 16.5 Å². The molecule has 70 valence electrons. The van der Waals surface area contributed by atoms with Crippen molar-refractivity contribution in [2.45, 2.75) is 37.7 Å². The summed E-state index contributed by atoms with van der Waals surface area (Å²) in [4.78, 5) is 11.3. The number of rotatable bonds is 1. The monoisotopic (exact) mass is 178 g/mol. The quantitative estimate of drug-likeness (QED) is 0.487. The van der Waals surface area contributed by atoms with Crippen LogP contribution >= 0.6 is 0 Å². The van der Waals surface area contributed by atoms with Crippen molar-refractivity contribution in [1.82, 2.24) is 0 Å². The van der Waals surface area contributed by atoms with Gasteiger partial charge in [0.2, 0.25) is 0 Å². The van der Waals surface area contributed by atoms with E-state index in [-0.39, 0.29) is 5.78 Å². The molecule has 1 unspecified atom stereocenters. The van der Waals surface area contributed by atoms with Gasteiger partial charge in [0.05, 0.1) is 0 Å². The number of carbonyl (C=O) groups is 1. The standard InChI is InChI=1S/C11H14O2/c1-2-3-5-8-11(13)9-6-4-7-10(11)12/h2,13H,1,3-4,6-7,9H2. The largest absolute Gasteiger partial charge is 0.371 e. The number of hydrogen-bond acceptors (Lipinski definition) is 2. The third-order valence-electron chi connectivity index (χ3n) is 2.20. The first-order chi connectivity index (χ1) is 6.19. The van der Waals surface area contributed by atoms with Crippen LogP contribution in [0.5, 0.6) is 0 Å². The predicted molar refractivity (Wildman–Crippen MR) is 51.0 cm³/mol. The molecule has 13 heavy (non-hydrogen) atoms. The van der Waals surface area contributed by atoms with Gasteiger partial charge in [0.15, 0.2) is 11.4 Å². The average molecular weight is 178 g/mol. The Morgan fingerprint density at radius 2 is 2.38 bits per heavy atom. The zero-order valence-electron chi connectivity index (χ0n) is 7.68. The molecule has 0 aromatic carbocycles.